The number of benzene rings is 1. The van der Waals surface area contributed by atoms with Crippen molar-refractivity contribution in [2.24, 2.45) is 5.16 Å². The molecule has 0 saturated carbocycles. The van der Waals surface area contributed by atoms with Gasteiger partial charge in [0.1, 0.15) is 31.5 Å². The van der Waals surface area contributed by atoms with Crippen LogP contribution in [0, 0.1) is 0 Å². The lowest BCUT2D eigenvalue weighted by Crippen LogP contribution is -2.34. The average molecular weight is 398 g/mol. The highest BCUT2D eigenvalue weighted by Gasteiger charge is 2.57. The van der Waals surface area contributed by atoms with Crippen molar-refractivity contribution in [3.05, 3.63) is 58.9 Å². The lowest BCUT2D eigenvalue weighted by molar-refractivity contribution is -0.208. The Bertz CT molecular complexity index is 937. The van der Waals surface area contributed by atoms with Crippen molar-refractivity contribution >= 4 is 6.21 Å². The molecule has 2 fully saturated rings. The Hall–Kier alpha value is -2.19. The second-order valence-electron chi connectivity index (χ2n) is 8.34. The molecule has 1 aromatic heterocycles. The van der Waals surface area contributed by atoms with Gasteiger partial charge in [-0.05, 0) is 49.4 Å². The number of hydrogen-bond donors (Lipinski definition) is 1. The minimum Gasteiger partial charge on any atom is -0.399 e. The predicted molar refractivity (Wildman–Crippen MR) is 106 cm³/mol. The molecule has 5 rings (SSSR count). The summed E-state index contributed by atoms with van der Waals surface area (Å²) in [6.07, 6.45) is 5.23. The first-order valence-electron chi connectivity index (χ1n) is 10.00. The molecule has 1 N–H and O–H groups in total. The topological polar surface area (TPSA) is 74.4 Å². The van der Waals surface area contributed by atoms with Gasteiger partial charge in [-0.2, -0.15) is 0 Å². The van der Waals surface area contributed by atoms with Gasteiger partial charge in [0.05, 0.1) is 6.21 Å². The molecule has 2 saturated heterocycles. The third-order valence-electron chi connectivity index (χ3n) is 5.95. The normalized spacial score (nSPS) is 30.8. The predicted octanol–water partition coefficient (Wildman–Crippen LogP) is 2.72. The molecular formula is C22H26N2O5. The second kappa shape index (κ2) is 6.95. The molecule has 0 amide bonds. The molecule has 3 aliphatic rings. The van der Waals surface area contributed by atoms with Gasteiger partial charge in [0.25, 0.3) is 0 Å². The minimum atomic E-state index is -0.791. The SMILES string of the molecule is CO/N=C\c1ccn([C@@H]2O[C@H](C(O)c3ccc4c(c3)CC4)[C@H]3OC(C)(C)O[C@H]32)c1. The zero-order valence-electron chi connectivity index (χ0n) is 16.8. The van der Waals surface area contributed by atoms with Crippen LogP contribution < -0.4 is 0 Å². The number of oxime groups is 1. The summed E-state index contributed by atoms with van der Waals surface area (Å²) in [5, 5.41) is 15.0. The van der Waals surface area contributed by atoms with E-state index in [9.17, 15) is 5.11 Å². The van der Waals surface area contributed by atoms with Crippen LogP contribution in [-0.2, 0) is 31.9 Å². The van der Waals surface area contributed by atoms with Gasteiger partial charge < -0.3 is 28.7 Å². The van der Waals surface area contributed by atoms with Crippen molar-refractivity contribution in [3.8, 4) is 0 Å². The molecule has 2 aromatic rings. The van der Waals surface area contributed by atoms with Crippen molar-refractivity contribution in [2.45, 2.75) is 63.1 Å². The largest absolute Gasteiger partial charge is 0.399 e. The van der Waals surface area contributed by atoms with Crippen LogP contribution >= 0.6 is 0 Å². The van der Waals surface area contributed by atoms with Gasteiger partial charge in [-0.3, -0.25) is 0 Å². The van der Waals surface area contributed by atoms with Crippen LogP contribution in [0.4, 0.5) is 0 Å². The van der Waals surface area contributed by atoms with E-state index in [1.165, 1.54) is 18.2 Å². The zero-order valence-corrected chi connectivity index (χ0v) is 16.8. The summed E-state index contributed by atoms with van der Waals surface area (Å²) in [4.78, 5) is 4.75. The van der Waals surface area contributed by atoms with Gasteiger partial charge >= 0.3 is 0 Å². The fourth-order valence-electron chi connectivity index (χ4n) is 4.47. The third-order valence-corrected chi connectivity index (χ3v) is 5.95. The molecule has 5 atom stereocenters. The molecule has 0 spiro atoms. The van der Waals surface area contributed by atoms with Crippen LogP contribution in [0.5, 0.6) is 0 Å². The van der Waals surface area contributed by atoms with Gasteiger partial charge in [-0.15, -0.1) is 0 Å². The number of rotatable bonds is 5. The van der Waals surface area contributed by atoms with Crippen molar-refractivity contribution in [3.63, 3.8) is 0 Å². The Kier molecular flexibility index (Phi) is 4.51. The Morgan fingerprint density at radius 2 is 2.00 bits per heavy atom. The fourth-order valence-corrected chi connectivity index (χ4v) is 4.47. The van der Waals surface area contributed by atoms with E-state index >= 15 is 0 Å². The first-order chi connectivity index (χ1) is 13.9. The van der Waals surface area contributed by atoms with Crippen molar-refractivity contribution in [1.29, 1.82) is 0 Å². The summed E-state index contributed by atoms with van der Waals surface area (Å²) in [5.41, 5.74) is 4.42. The second-order valence-corrected chi connectivity index (χ2v) is 8.34. The summed E-state index contributed by atoms with van der Waals surface area (Å²) >= 11 is 0. The van der Waals surface area contributed by atoms with Crippen LogP contribution in [0.25, 0.3) is 0 Å². The van der Waals surface area contributed by atoms with E-state index in [1.54, 1.807) is 6.21 Å². The maximum atomic E-state index is 11.2. The molecule has 29 heavy (non-hydrogen) atoms. The molecule has 1 unspecified atom stereocenters. The summed E-state index contributed by atoms with van der Waals surface area (Å²) in [5.74, 6) is -0.733. The third kappa shape index (κ3) is 3.28. The highest BCUT2D eigenvalue weighted by molar-refractivity contribution is 5.78. The van der Waals surface area contributed by atoms with Gasteiger partial charge in [0, 0.05) is 18.0 Å². The van der Waals surface area contributed by atoms with Gasteiger partial charge in [0.15, 0.2) is 12.0 Å². The van der Waals surface area contributed by atoms with E-state index in [-0.39, 0.29) is 12.2 Å². The number of hydrogen-bond acceptors (Lipinski definition) is 6. The van der Waals surface area contributed by atoms with E-state index in [1.807, 2.05) is 42.9 Å². The molecule has 0 radical (unpaired) electrons. The number of aliphatic hydroxyl groups excluding tert-OH is 1. The van der Waals surface area contributed by atoms with E-state index < -0.39 is 24.2 Å². The number of aryl methyl sites for hydroxylation is 2. The highest BCUT2D eigenvalue weighted by atomic mass is 16.8. The maximum Gasteiger partial charge on any atom is 0.164 e. The number of nitrogens with zero attached hydrogens (tertiary/aromatic N) is 2. The Morgan fingerprint density at radius 3 is 2.72 bits per heavy atom. The standard InChI is InChI=1S/C22H26N2O5/c1-22(2)28-19-18(17(25)16-7-5-14-4-6-15(14)10-16)27-21(20(19)29-22)24-9-8-13(12-24)11-23-26-3/h5,7-12,17-21,25H,4,6H2,1-3H3/b23-11-/t17?,18-,19-,20-,21-/m1/s1. The van der Waals surface area contributed by atoms with Crippen LogP contribution in [0.15, 0.2) is 41.8 Å². The van der Waals surface area contributed by atoms with Crippen LogP contribution in [0.2, 0.25) is 0 Å². The molecule has 0 bridgehead atoms. The molecule has 7 heteroatoms. The molecule has 1 aromatic carbocycles. The fraction of sp³-hybridized carbons (Fsp3) is 0.500. The quantitative estimate of drug-likeness (QED) is 0.619. The Labute approximate surface area is 169 Å². The molecule has 3 heterocycles. The van der Waals surface area contributed by atoms with E-state index in [0.717, 1.165) is 24.0 Å². The van der Waals surface area contributed by atoms with Crippen LogP contribution in [0.3, 0.4) is 0 Å². The molecule has 154 valence electrons. The molecular weight excluding hydrogens is 372 g/mol. The Balaban J connectivity index is 1.43. The Morgan fingerprint density at radius 1 is 1.21 bits per heavy atom. The van der Waals surface area contributed by atoms with Gasteiger partial charge in [0.2, 0.25) is 0 Å². The first-order valence-corrected chi connectivity index (χ1v) is 10.00. The molecule has 1 aliphatic carbocycles. The van der Waals surface area contributed by atoms with Crippen molar-refractivity contribution in [1.82, 2.24) is 4.57 Å². The van der Waals surface area contributed by atoms with Crippen LogP contribution in [0.1, 0.15) is 48.4 Å². The van der Waals surface area contributed by atoms with E-state index in [0.29, 0.717) is 0 Å². The summed E-state index contributed by atoms with van der Waals surface area (Å²) in [7, 11) is 1.51. The van der Waals surface area contributed by atoms with E-state index in [2.05, 4.69) is 17.3 Å². The summed E-state index contributed by atoms with van der Waals surface area (Å²) in [6.45, 7) is 3.78. The lowest BCUT2D eigenvalue weighted by Gasteiger charge is -2.28. The van der Waals surface area contributed by atoms with Crippen molar-refractivity contribution < 1.29 is 24.2 Å². The monoisotopic (exact) mass is 398 g/mol. The van der Waals surface area contributed by atoms with Gasteiger partial charge in [-0.25, -0.2) is 0 Å². The van der Waals surface area contributed by atoms with E-state index in [4.69, 9.17) is 19.0 Å². The van der Waals surface area contributed by atoms with Crippen LogP contribution in [-0.4, -0.2) is 47.1 Å². The zero-order chi connectivity index (χ0) is 20.2. The smallest absolute Gasteiger partial charge is 0.164 e. The van der Waals surface area contributed by atoms with Crippen molar-refractivity contribution in [2.75, 3.05) is 7.11 Å². The highest BCUT2D eigenvalue weighted by Crippen LogP contribution is 2.46. The number of fused-ring (bicyclic) bond motifs is 2. The number of aliphatic hydroxyl groups is 1. The summed E-state index contributed by atoms with van der Waals surface area (Å²) in [6, 6.07) is 8.10. The minimum absolute atomic E-state index is 0.323. The van der Waals surface area contributed by atoms with Gasteiger partial charge in [-0.1, -0.05) is 23.4 Å². The number of aromatic nitrogens is 1. The molecule has 7 nitrogen and oxygen atoms in total. The first kappa shape index (κ1) is 18.8. The maximum absolute atomic E-state index is 11.2. The lowest BCUT2D eigenvalue weighted by atomic mass is 9.85. The number of ether oxygens (including phenoxy) is 3. The average Bonchev–Trinajstić information content (AvgIpc) is 3.33. The summed E-state index contributed by atoms with van der Waals surface area (Å²) < 4.78 is 20.6. The molecule has 2 aliphatic heterocycles.